The number of nitrogens with one attached hydrogen (secondary N) is 2. The van der Waals surface area contributed by atoms with Crippen LogP contribution in [0.2, 0.25) is 0 Å². The molecule has 176 valence electrons. The molecule has 1 saturated heterocycles. The van der Waals surface area contributed by atoms with Gasteiger partial charge in [-0.1, -0.05) is 25.0 Å². The number of methoxy groups -OCH3 is 1. The number of hydrogen-bond donors (Lipinski definition) is 2. The topological polar surface area (TPSA) is 93.0 Å². The number of rotatable bonds is 7. The summed E-state index contributed by atoms with van der Waals surface area (Å²) < 4.78 is 16.2. The van der Waals surface area contributed by atoms with Crippen molar-refractivity contribution in [3.05, 3.63) is 65.3 Å². The van der Waals surface area contributed by atoms with Crippen molar-refractivity contribution < 1.29 is 23.5 Å². The van der Waals surface area contributed by atoms with E-state index in [1.807, 2.05) is 12.1 Å². The maximum absolute atomic E-state index is 13.0. The molecule has 1 fully saturated rings. The third-order valence-corrected chi connectivity index (χ3v) is 6.20. The van der Waals surface area contributed by atoms with Crippen LogP contribution in [-0.4, -0.2) is 43.7 Å². The van der Waals surface area contributed by atoms with Gasteiger partial charge in [0.25, 0.3) is 0 Å². The lowest BCUT2D eigenvalue weighted by Crippen LogP contribution is -2.48. The summed E-state index contributed by atoms with van der Waals surface area (Å²) in [5.74, 6) is 0.850. The van der Waals surface area contributed by atoms with Gasteiger partial charge in [0, 0.05) is 18.3 Å². The van der Waals surface area contributed by atoms with Gasteiger partial charge in [-0.05, 0) is 56.1 Å². The second-order valence-electron chi connectivity index (χ2n) is 8.27. The van der Waals surface area contributed by atoms with E-state index in [2.05, 4.69) is 27.7 Å². The minimum absolute atomic E-state index is 0.170. The second-order valence-corrected chi connectivity index (χ2v) is 8.27. The maximum atomic E-state index is 13.0. The first-order valence-electron chi connectivity index (χ1n) is 11.5. The molecule has 0 unspecified atom stereocenters. The Morgan fingerprint density at radius 2 is 2.00 bits per heavy atom. The number of nitrogens with zero attached hydrogens (tertiary/aromatic N) is 1. The van der Waals surface area contributed by atoms with Gasteiger partial charge in [-0.25, -0.2) is 9.59 Å². The average molecular weight is 454 g/mol. The van der Waals surface area contributed by atoms with Gasteiger partial charge in [-0.3, -0.25) is 4.90 Å². The molecule has 8 nitrogen and oxygen atoms in total. The van der Waals surface area contributed by atoms with E-state index >= 15 is 0 Å². The predicted molar refractivity (Wildman–Crippen MR) is 123 cm³/mol. The zero-order valence-corrected chi connectivity index (χ0v) is 19.1. The highest BCUT2D eigenvalue weighted by Crippen LogP contribution is 2.34. The molecule has 3 heterocycles. The number of carbonyl (C=O) groups is 2. The molecule has 33 heavy (non-hydrogen) atoms. The fourth-order valence-corrected chi connectivity index (χ4v) is 4.63. The third-order valence-electron chi connectivity index (χ3n) is 6.20. The number of esters is 1. The average Bonchev–Trinajstić information content (AvgIpc) is 3.26. The van der Waals surface area contributed by atoms with Crippen LogP contribution in [0, 0.1) is 0 Å². The molecular weight excluding hydrogens is 422 g/mol. The maximum Gasteiger partial charge on any atom is 0.338 e. The standard InChI is InChI=1S/C25H31N3O5/c1-3-32-24(29)22-19(26-25(30)27-23(22)21-9-7-15-33-21)16-28-14-6-4-5-8-20(28)17-10-12-18(31-2)13-11-17/h7,9-13,15,20,23H,3-6,8,14,16H2,1-2H3,(H2,26,27,30)/t20-,23+/m1/s1. The SMILES string of the molecule is CCOC(=O)C1=C(CN2CCCCC[C@@H]2c2ccc(OC)cc2)NC(=O)N[C@H]1c1ccco1. The molecule has 2 aromatic rings. The lowest BCUT2D eigenvalue weighted by molar-refractivity contribution is -0.139. The quantitative estimate of drug-likeness (QED) is 0.614. The number of hydrogen-bond acceptors (Lipinski definition) is 6. The van der Waals surface area contributed by atoms with Gasteiger partial charge in [0.15, 0.2) is 0 Å². The highest BCUT2D eigenvalue weighted by Gasteiger charge is 2.36. The Hall–Kier alpha value is -3.26. The van der Waals surface area contributed by atoms with Crippen LogP contribution in [0.25, 0.3) is 0 Å². The smallest absolute Gasteiger partial charge is 0.338 e. The Bertz CT molecular complexity index is 984. The normalized spacial score (nSPS) is 21.7. The largest absolute Gasteiger partial charge is 0.497 e. The van der Waals surface area contributed by atoms with E-state index in [1.54, 1.807) is 26.2 Å². The van der Waals surface area contributed by atoms with E-state index in [0.29, 0.717) is 23.6 Å². The minimum Gasteiger partial charge on any atom is -0.497 e. The Balaban J connectivity index is 1.69. The molecule has 2 amide bonds. The summed E-state index contributed by atoms with van der Waals surface area (Å²) in [7, 11) is 1.66. The van der Waals surface area contributed by atoms with Crippen LogP contribution in [0.15, 0.2) is 58.3 Å². The van der Waals surface area contributed by atoms with Crippen LogP contribution in [0.5, 0.6) is 5.75 Å². The first kappa shape index (κ1) is 22.9. The number of likely N-dealkylation sites (tertiary alicyclic amines) is 1. The number of ether oxygens (including phenoxy) is 2. The van der Waals surface area contributed by atoms with Crippen molar-refractivity contribution in [2.45, 2.75) is 44.7 Å². The van der Waals surface area contributed by atoms with Gasteiger partial charge >= 0.3 is 12.0 Å². The summed E-state index contributed by atoms with van der Waals surface area (Å²) in [5.41, 5.74) is 2.13. The summed E-state index contributed by atoms with van der Waals surface area (Å²) in [6.07, 6.45) is 5.86. The van der Waals surface area contributed by atoms with E-state index in [-0.39, 0.29) is 18.7 Å². The van der Waals surface area contributed by atoms with Crippen LogP contribution in [0.3, 0.4) is 0 Å². The molecule has 0 spiro atoms. The Morgan fingerprint density at radius 1 is 1.18 bits per heavy atom. The van der Waals surface area contributed by atoms with E-state index < -0.39 is 12.0 Å². The highest BCUT2D eigenvalue weighted by molar-refractivity contribution is 5.95. The lowest BCUT2D eigenvalue weighted by Gasteiger charge is -2.34. The molecule has 0 bridgehead atoms. The van der Waals surface area contributed by atoms with Gasteiger partial charge in [-0.2, -0.15) is 0 Å². The van der Waals surface area contributed by atoms with E-state index in [0.717, 1.165) is 38.0 Å². The van der Waals surface area contributed by atoms with Crippen LogP contribution >= 0.6 is 0 Å². The summed E-state index contributed by atoms with van der Waals surface area (Å²) in [6.45, 7) is 3.30. The molecule has 8 heteroatoms. The van der Waals surface area contributed by atoms with Gasteiger partial charge in [-0.15, -0.1) is 0 Å². The van der Waals surface area contributed by atoms with E-state index in [9.17, 15) is 9.59 Å². The Labute approximate surface area is 193 Å². The first-order chi connectivity index (χ1) is 16.1. The van der Waals surface area contributed by atoms with E-state index in [4.69, 9.17) is 13.9 Å². The second kappa shape index (κ2) is 10.6. The molecule has 0 aliphatic carbocycles. The van der Waals surface area contributed by atoms with E-state index in [1.165, 1.54) is 11.8 Å². The zero-order valence-electron chi connectivity index (χ0n) is 19.1. The molecule has 2 N–H and O–H groups in total. The predicted octanol–water partition coefficient (Wildman–Crippen LogP) is 4.08. The summed E-state index contributed by atoms with van der Waals surface area (Å²) in [6, 6.07) is 10.7. The monoisotopic (exact) mass is 453 g/mol. The van der Waals surface area contributed by atoms with Crippen molar-refractivity contribution in [2.75, 3.05) is 26.8 Å². The van der Waals surface area contributed by atoms with Gasteiger partial charge in [0.2, 0.25) is 0 Å². The number of amides is 2. The van der Waals surface area contributed by atoms with Gasteiger partial charge in [0.05, 0.1) is 25.6 Å². The molecule has 4 rings (SSSR count). The van der Waals surface area contributed by atoms with Crippen molar-refractivity contribution in [3.63, 3.8) is 0 Å². The molecular formula is C25H31N3O5. The number of benzene rings is 1. The summed E-state index contributed by atoms with van der Waals surface area (Å²) >= 11 is 0. The number of furan rings is 1. The fraction of sp³-hybridized carbons (Fsp3) is 0.440. The lowest BCUT2D eigenvalue weighted by atomic mass is 9.97. The number of urea groups is 1. The molecule has 2 aliphatic rings. The zero-order chi connectivity index (χ0) is 23.2. The van der Waals surface area contributed by atoms with Crippen LogP contribution in [-0.2, 0) is 9.53 Å². The molecule has 0 saturated carbocycles. The van der Waals surface area contributed by atoms with Crippen molar-refractivity contribution in [2.24, 2.45) is 0 Å². The molecule has 2 atom stereocenters. The number of carbonyl (C=O) groups excluding carboxylic acids is 2. The van der Waals surface area contributed by atoms with Crippen LogP contribution in [0.1, 0.15) is 56.0 Å². The highest BCUT2D eigenvalue weighted by atomic mass is 16.5. The van der Waals surface area contributed by atoms with Crippen molar-refractivity contribution in [3.8, 4) is 5.75 Å². The fourth-order valence-electron chi connectivity index (χ4n) is 4.63. The first-order valence-corrected chi connectivity index (χ1v) is 11.5. The Morgan fingerprint density at radius 3 is 2.70 bits per heavy atom. The summed E-state index contributed by atoms with van der Waals surface area (Å²) in [4.78, 5) is 27.9. The summed E-state index contributed by atoms with van der Waals surface area (Å²) in [5, 5.41) is 5.69. The van der Waals surface area contributed by atoms with Crippen molar-refractivity contribution in [1.82, 2.24) is 15.5 Å². The van der Waals surface area contributed by atoms with Crippen LogP contribution in [0.4, 0.5) is 4.79 Å². The molecule has 1 aromatic carbocycles. The minimum atomic E-state index is -0.700. The van der Waals surface area contributed by atoms with Crippen molar-refractivity contribution >= 4 is 12.0 Å². The van der Waals surface area contributed by atoms with Crippen molar-refractivity contribution in [1.29, 1.82) is 0 Å². The molecule has 1 aromatic heterocycles. The van der Waals surface area contributed by atoms with Gasteiger partial charge in [0.1, 0.15) is 17.6 Å². The van der Waals surface area contributed by atoms with Crippen LogP contribution < -0.4 is 15.4 Å². The molecule has 0 radical (unpaired) electrons. The Kier molecular flexibility index (Phi) is 7.34. The van der Waals surface area contributed by atoms with Gasteiger partial charge < -0.3 is 24.5 Å². The molecule has 2 aliphatic heterocycles. The third kappa shape index (κ3) is 5.22.